The number of carboxylic acids is 1. The summed E-state index contributed by atoms with van der Waals surface area (Å²) in [4.78, 5) is 32.2. The quantitative estimate of drug-likeness (QED) is 0.238. The van der Waals surface area contributed by atoms with Gasteiger partial charge >= 0.3 is 5.97 Å². The summed E-state index contributed by atoms with van der Waals surface area (Å²) in [6, 6.07) is -1.52. The largest absolute Gasteiger partial charge is 0.481 e. The van der Waals surface area contributed by atoms with Crippen molar-refractivity contribution in [3.63, 3.8) is 0 Å². The van der Waals surface area contributed by atoms with E-state index >= 15 is 0 Å². The minimum atomic E-state index is -1.83. The normalized spacial score (nSPS) is 17.1. The Balaban J connectivity index is 4.44. The van der Waals surface area contributed by atoms with E-state index in [1.54, 1.807) is 0 Å². The first kappa shape index (κ1) is 17.4. The van der Waals surface area contributed by atoms with E-state index in [0.717, 1.165) is 0 Å². The third kappa shape index (κ3) is 6.25. The number of carbonyl (C=O) groups excluding carboxylic acids is 2. The molecule has 0 fully saturated rings. The molecule has 0 rings (SSSR count). The summed E-state index contributed by atoms with van der Waals surface area (Å²) in [6.45, 7) is -0.837. The van der Waals surface area contributed by atoms with Crippen LogP contribution in [0, 0.1) is 0 Å². The zero-order chi connectivity index (χ0) is 15.0. The van der Waals surface area contributed by atoms with Crippen molar-refractivity contribution in [1.82, 2.24) is 5.32 Å². The minimum absolute atomic E-state index is 0.136. The maximum Gasteiger partial charge on any atom is 0.303 e. The summed E-state index contributed by atoms with van der Waals surface area (Å²) in [6.07, 6.45) is -6.04. The van der Waals surface area contributed by atoms with E-state index in [1.807, 2.05) is 5.32 Å². The molecule has 0 aromatic heterocycles. The van der Waals surface area contributed by atoms with Gasteiger partial charge in [-0.25, -0.2) is 0 Å². The maximum atomic E-state index is 11.2. The van der Waals surface area contributed by atoms with Gasteiger partial charge in [-0.2, -0.15) is 0 Å². The van der Waals surface area contributed by atoms with E-state index in [9.17, 15) is 24.6 Å². The van der Waals surface area contributed by atoms with Crippen LogP contribution in [0.5, 0.6) is 0 Å². The van der Waals surface area contributed by atoms with Crippen molar-refractivity contribution in [2.24, 2.45) is 0 Å². The van der Waals surface area contributed by atoms with E-state index in [1.165, 1.54) is 0 Å². The van der Waals surface area contributed by atoms with Crippen LogP contribution in [0.2, 0.25) is 0 Å². The van der Waals surface area contributed by atoms with Crippen LogP contribution in [-0.2, 0) is 14.4 Å². The van der Waals surface area contributed by atoms with Gasteiger partial charge < -0.3 is 35.6 Å². The molecule has 19 heavy (non-hydrogen) atoms. The highest BCUT2D eigenvalue weighted by atomic mass is 16.4. The molecule has 0 saturated heterocycles. The van der Waals surface area contributed by atoms with Crippen molar-refractivity contribution in [2.45, 2.75) is 37.2 Å². The summed E-state index contributed by atoms with van der Waals surface area (Å²) >= 11 is 0. The second kappa shape index (κ2) is 8.53. The second-order valence-electron chi connectivity index (χ2n) is 3.85. The molecular formula is C10H17NO8. The standard InChI is InChI=1S/C10H17NO8/c12-3-5(9(18)10(19)6(14)4-13)11-7(15)1-2-8(16)17/h3,5-6,9-10,13-14,18-19H,1-2,4H2,(H,11,15)(H,16,17). The SMILES string of the molecule is O=CC(NC(=O)CCC(=O)O)C(O)C(O)C(O)CO. The second-order valence-corrected chi connectivity index (χ2v) is 3.85. The molecule has 4 atom stereocenters. The van der Waals surface area contributed by atoms with Crippen LogP contribution in [0.3, 0.4) is 0 Å². The number of aldehydes is 1. The van der Waals surface area contributed by atoms with Gasteiger partial charge in [0.15, 0.2) is 0 Å². The lowest BCUT2D eigenvalue weighted by Crippen LogP contribution is -2.53. The van der Waals surface area contributed by atoms with Gasteiger partial charge in [-0.15, -0.1) is 0 Å². The molecule has 4 unspecified atom stereocenters. The number of nitrogens with one attached hydrogen (secondary N) is 1. The molecule has 0 aromatic rings. The molecule has 1 amide bonds. The number of carboxylic acid groups (broad SMARTS) is 1. The van der Waals surface area contributed by atoms with Gasteiger partial charge in [-0.05, 0) is 0 Å². The average molecular weight is 279 g/mol. The zero-order valence-electron chi connectivity index (χ0n) is 9.97. The van der Waals surface area contributed by atoms with E-state index in [0.29, 0.717) is 0 Å². The number of aliphatic hydroxyl groups is 4. The topological polar surface area (TPSA) is 164 Å². The molecule has 0 radical (unpaired) electrons. The van der Waals surface area contributed by atoms with E-state index in [-0.39, 0.29) is 6.29 Å². The van der Waals surface area contributed by atoms with Crippen LogP contribution >= 0.6 is 0 Å². The van der Waals surface area contributed by atoms with Crippen molar-refractivity contribution in [3.8, 4) is 0 Å². The Kier molecular flexibility index (Phi) is 7.84. The predicted molar refractivity (Wildman–Crippen MR) is 60.0 cm³/mol. The molecule has 0 aliphatic carbocycles. The van der Waals surface area contributed by atoms with Gasteiger partial charge in [0.25, 0.3) is 0 Å². The smallest absolute Gasteiger partial charge is 0.303 e. The van der Waals surface area contributed by atoms with Crippen molar-refractivity contribution < 1.29 is 39.9 Å². The molecule has 6 N–H and O–H groups in total. The van der Waals surface area contributed by atoms with Gasteiger partial charge in [-0.1, -0.05) is 0 Å². The van der Waals surface area contributed by atoms with Crippen molar-refractivity contribution >= 4 is 18.2 Å². The number of rotatable bonds is 9. The Morgan fingerprint density at radius 2 is 1.68 bits per heavy atom. The molecule has 110 valence electrons. The molecule has 9 nitrogen and oxygen atoms in total. The first-order valence-electron chi connectivity index (χ1n) is 5.45. The Hall–Kier alpha value is -1.55. The van der Waals surface area contributed by atoms with Gasteiger partial charge in [0.1, 0.15) is 30.6 Å². The molecular weight excluding hydrogens is 262 g/mol. The Bertz CT molecular complexity index is 321. The minimum Gasteiger partial charge on any atom is -0.481 e. The Morgan fingerprint density at radius 3 is 2.11 bits per heavy atom. The number of aliphatic hydroxyl groups excluding tert-OH is 4. The molecule has 0 aliphatic rings. The molecule has 0 aromatic carbocycles. The van der Waals surface area contributed by atoms with Gasteiger partial charge in [0, 0.05) is 6.42 Å². The first-order valence-corrected chi connectivity index (χ1v) is 5.45. The van der Waals surface area contributed by atoms with Crippen LogP contribution in [0.1, 0.15) is 12.8 Å². The monoisotopic (exact) mass is 279 g/mol. The molecule has 0 aliphatic heterocycles. The summed E-state index contributed by atoms with van der Waals surface area (Å²) in [5.74, 6) is -2.00. The lowest BCUT2D eigenvalue weighted by Gasteiger charge is -2.26. The van der Waals surface area contributed by atoms with Crippen molar-refractivity contribution in [3.05, 3.63) is 0 Å². The fourth-order valence-corrected chi connectivity index (χ4v) is 1.23. The number of hydrogen-bond donors (Lipinski definition) is 6. The highest BCUT2D eigenvalue weighted by molar-refractivity contribution is 5.83. The van der Waals surface area contributed by atoms with Crippen LogP contribution < -0.4 is 5.32 Å². The molecule has 0 bridgehead atoms. The van der Waals surface area contributed by atoms with Crippen LogP contribution in [0.25, 0.3) is 0 Å². The molecule has 9 heteroatoms. The predicted octanol–water partition coefficient (Wildman–Crippen LogP) is -3.39. The number of hydrogen-bond acceptors (Lipinski definition) is 7. The fourth-order valence-electron chi connectivity index (χ4n) is 1.23. The number of aliphatic carboxylic acids is 1. The van der Waals surface area contributed by atoms with E-state index < -0.39 is 55.7 Å². The molecule has 0 spiro atoms. The van der Waals surface area contributed by atoms with Crippen LogP contribution in [0.4, 0.5) is 0 Å². The van der Waals surface area contributed by atoms with Crippen molar-refractivity contribution in [1.29, 1.82) is 0 Å². The highest BCUT2D eigenvalue weighted by Gasteiger charge is 2.31. The lowest BCUT2D eigenvalue weighted by molar-refractivity contribution is -0.139. The highest BCUT2D eigenvalue weighted by Crippen LogP contribution is 2.04. The average Bonchev–Trinajstić information content (AvgIpc) is 2.39. The Morgan fingerprint density at radius 1 is 1.11 bits per heavy atom. The number of amides is 1. The molecule has 0 heterocycles. The lowest BCUT2D eigenvalue weighted by atomic mass is 10.0. The summed E-state index contributed by atoms with van der Waals surface area (Å²) in [5, 5.41) is 46.9. The Labute approximate surface area is 108 Å². The third-order valence-electron chi connectivity index (χ3n) is 2.34. The number of carbonyl (C=O) groups is 3. The van der Waals surface area contributed by atoms with Crippen molar-refractivity contribution in [2.75, 3.05) is 6.61 Å². The maximum absolute atomic E-state index is 11.2. The fraction of sp³-hybridized carbons (Fsp3) is 0.700. The van der Waals surface area contributed by atoms with Crippen LogP contribution in [0.15, 0.2) is 0 Å². The van der Waals surface area contributed by atoms with Gasteiger partial charge in [0.2, 0.25) is 5.91 Å². The van der Waals surface area contributed by atoms with Gasteiger partial charge in [-0.3, -0.25) is 9.59 Å². The summed E-state index contributed by atoms with van der Waals surface area (Å²) in [7, 11) is 0. The van der Waals surface area contributed by atoms with E-state index in [4.69, 9.17) is 15.3 Å². The summed E-state index contributed by atoms with van der Waals surface area (Å²) in [5.41, 5.74) is 0. The zero-order valence-corrected chi connectivity index (χ0v) is 9.97. The first-order chi connectivity index (χ1) is 8.83. The van der Waals surface area contributed by atoms with Gasteiger partial charge in [0.05, 0.1) is 13.0 Å². The molecule has 0 saturated carbocycles. The van der Waals surface area contributed by atoms with E-state index in [2.05, 4.69) is 0 Å². The third-order valence-corrected chi connectivity index (χ3v) is 2.34. The summed E-state index contributed by atoms with van der Waals surface area (Å²) < 4.78 is 0. The van der Waals surface area contributed by atoms with Crippen LogP contribution in [-0.4, -0.2) is 74.7 Å².